The standard InChI is InChI=1S/C29H48OSi.C28H46O2Si.CHI3.HI/c1-20(2)25-15-16-26-23(12-11-17-29(25,26)8)13-14-24-18-21(3)19-27(22(24)4)30-31(9,10)28(5,6)7;1-19-17-23(20(2)25(18-19)30-31(8,9)26(4,5)6)13-12-22-11-10-15-27(7)24(22)14-16-28(27)21(3)29-28;2-1(3)4;/h13-15,20-21,26-27H,4,11-12,16-19H2,1-3,5-10H3;12-13,19,21,24-25H,2,10-11,14-18H2,1,3-9H3;1H;1H/b23-13+,24-14-;22-12+,23-13-;;/t21?,26?,27?,29-;19?,21-,24?,25?,27-,28?;;/m10../s1. The third kappa shape index (κ3) is 13.8. The van der Waals surface area contributed by atoms with Crippen LogP contribution in [0.1, 0.15) is 173 Å². The molecule has 6 aliphatic carbocycles. The van der Waals surface area contributed by atoms with E-state index in [2.05, 4.69) is 228 Å². The number of alkyl halides is 3. The van der Waals surface area contributed by atoms with E-state index in [0.717, 1.165) is 25.6 Å². The Labute approximate surface area is 473 Å². The fourth-order valence-electron chi connectivity index (χ4n) is 12.8. The molecule has 0 N–H and O–H groups in total. The van der Waals surface area contributed by atoms with Crippen molar-refractivity contribution in [2.45, 2.75) is 234 Å². The topological polar surface area (TPSA) is 31.0 Å². The van der Waals surface area contributed by atoms with Crippen molar-refractivity contribution in [2.24, 2.45) is 40.4 Å². The fraction of sp³-hybridized carbons (Fsp3) is 0.759. The lowest BCUT2D eigenvalue weighted by atomic mass is 9.62. The summed E-state index contributed by atoms with van der Waals surface area (Å²) in [5.41, 5.74) is 11.2. The molecule has 6 fully saturated rings. The molecule has 1 aliphatic heterocycles. The first-order chi connectivity index (χ1) is 30.3. The van der Waals surface area contributed by atoms with E-state index in [4.69, 9.17) is 13.6 Å². The number of hydrogen-bond donors (Lipinski definition) is 0. The van der Waals surface area contributed by atoms with Gasteiger partial charge < -0.3 is 13.6 Å². The molecule has 382 valence electrons. The minimum atomic E-state index is -1.81. The van der Waals surface area contributed by atoms with E-state index in [1.165, 1.54) is 80.1 Å². The van der Waals surface area contributed by atoms with Crippen LogP contribution in [0.2, 0.25) is 36.3 Å². The zero-order chi connectivity index (χ0) is 49.6. The molecule has 1 saturated heterocycles. The van der Waals surface area contributed by atoms with Crippen molar-refractivity contribution in [1.82, 2.24) is 0 Å². The van der Waals surface area contributed by atoms with Crippen LogP contribution >= 0.6 is 91.7 Å². The van der Waals surface area contributed by atoms with Crippen LogP contribution in [-0.2, 0) is 13.6 Å². The second kappa shape index (κ2) is 23.5. The van der Waals surface area contributed by atoms with Crippen molar-refractivity contribution < 1.29 is 13.6 Å². The van der Waals surface area contributed by atoms with Gasteiger partial charge in [-0.15, -0.1) is 24.0 Å². The second-order valence-electron chi connectivity index (χ2n) is 25.9. The van der Waals surface area contributed by atoms with Gasteiger partial charge in [0.15, 0.2) is 16.6 Å². The summed E-state index contributed by atoms with van der Waals surface area (Å²) < 4.78 is 20.7. The van der Waals surface area contributed by atoms with Gasteiger partial charge in [-0.2, -0.15) is 0 Å². The molecule has 0 aromatic heterocycles. The molecular weight excluding hydrogens is 1310 g/mol. The molecule has 0 radical (unpaired) electrons. The van der Waals surface area contributed by atoms with Crippen LogP contribution in [0.4, 0.5) is 0 Å². The molecular formula is C58H96I4O3Si2. The maximum Gasteiger partial charge on any atom is 0.192 e. The zero-order valence-electron chi connectivity index (χ0n) is 45.5. The Morgan fingerprint density at radius 2 is 1.13 bits per heavy atom. The summed E-state index contributed by atoms with van der Waals surface area (Å²) in [5.74, 6) is 3.36. The predicted molar refractivity (Wildman–Crippen MR) is 334 cm³/mol. The van der Waals surface area contributed by atoms with E-state index in [9.17, 15) is 0 Å². The molecule has 67 heavy (non-hydrogen) atoms. The monoisotopic (exact) mass is 1400 g/mol. The van der Waals surface area contributed by atoms with Crippen molar-refractivity contribution in [1.29, 1.82) is 0 Å². The SMILES string of the molecule is C=C1/C(=C\C=C2/CCC[C@@]3(C)C2CCC32O[C@H]2C)CC(C)CC1O[Si](C)(C)C(C)(C)C.C=C1/C(=C\C=C2/CCC[C@]3(C)C(C(C)C)=CCC23)CC(C)CC1O[Si](C)(C)C(C)(C)C.I.IC(I)I. The number of allylic oxidation sites excluding steroid dienone is 8. The van der Waals surface area contributed by atoms with Gasteiger partial charge in [0.25, 0.3) is 0 Å². The third-order valence-electron chi connectivity index (χ3n) is 18.8. The molecule has 1 spiro atoms. The summed E-state index contributed by atoms with van der Waals surface area (Å²) in [6.07, 6.45) is 29.3. The van der Waals surface area contributed by atoms with Crippen LogP contribution in [0.3, 0.4) is 0 Å². The van der Waals surface area contributed by atoms with Gasteiger partial charge in [0.2, 0.25) is 0 Å². The minimum absolute atomic E-state index is 0. The number of hydrogen-bond acceptors (Lipinski definition) is 3. The summed E-state index contributed by atoms with van der Waals surface area (Å²) >= 11 is 6.95. The average molecular weight is 1410 g/mol. The van der Waals surface area contributed by atoms with Gasteiger partial charge in [-0.05, 0) is 184 Å². The van der Waals surface area contributed by atoms with Gasteiger partial charge in [-0.1, -0.05) is 211 Å². The Hall–Kier alpha value is 1.41. The number of rotatable bonds is 7. The highest BCUT2D eigenvalue weighted by Crippen LogP contribution is 2.68. The molecule has 5 saturated carbocycles. The molecule has 0 bridgehead atoms. The first kappa shape index (κ1) is 61.0. The van der Waals surface area contributed by atoms with Crippen molar-refractivity contribution >= 4 is 108 Å². The molecule has 7 rings (SSSR count). The van der Waals surface area contributed by atoms with E-state index in [1.54, 1.807) is 16.7 Å². The van der Waals surface area contributed by atoms with E-state index < -0.39 is 16.6 Å². The second-order valence-corrected chi connectivity index (χ2v) is 46.3. The average Bonchev–Trinajstić information content (AvgIpc) is 3.56. The fourth-order valence-corrected chi connectivity index (χ4v) is 15.4. The molecule has 7 unspecified atom stereocenters. The Bertz CT molecular complexity index is 1920. The van der Waals surface area contributed by atoms with Crippen molar-refractivity contribution in [3.8, 4) is 0 Å². The van der Waals surface area contributed by atoms with E-state index in [1.807, 2.05) is 0 Å². The third-order valence-corrected chi connectivity index (χ3v) is 27.8. The summed E-state index contributed by atoms with van der Waals surface area (Å²) in [7, 11) is -3.61. The van der Waals surface area contributed by atoms with Crippen LogP contribution in [0, 0.1) is 40.4 Å². The summed E-state index contributed by atoms with van der Waals surface area (Å²) in [6.45, 7) is 49.3. The number of ether oxygens (including phenoxy) is 1. The lowest BCUT2D eigenvalue weighted by Crippen LogP contribution is -2.45. The van der Waals surface area contributed by atoms with Crippen molar-refractivity contribution in [2.75, 3.05) is 0 Å². The smallest absolute Gasteiger partial charge is 0.192 e. The van der Waals surface area contributed by atoms with Gasteiger partial charge in [0.1, 0.15) is 5.54 Å². The van der Waals surface area contributed by atoms with E-state index >= 15 is 0 Å². The summed E-state index contributed by atoms with van der Waals surface area (Å²) in [5, 5.41) is 0.461. The highest BCUT2D eigenvalue weighted by atomic mass is 127. The highest BCUT2D eigenvalue weighted by Gasteiger charge is 2.70. The number of halogens is 4. The lowest BCUT2D eigenvalue weighted by Gasteiger charge is -2.43. The Balaban J connectivity index is 0.000000267. The predicted octanol–water partition coefficient (Wildman–Crippen LogP) is 20.2. The van der Waals surface area contributed by atoms with E-state index in [0.29, 0.717) is 46.5 Å². The van der Waals surface area contributed by atoms with Crippen LogP contribution < -0.4 is 0 Å². The molecule has 0 aromatic rings. The Kier molecular flexibility index (Phi) is 21.4. The molecule has 0 aromatic carbocycles. The largest absolute Gasteiger partial charge is 0.410 e. The number of epoxide rings is 1. The molecule has 7 aliphatic rings. The van der Waals surface area contributed by atoms with Gasteiger partial charge in [0, 0.05) is 5.41 Å². The van der Waals surface area contributed by atoms with Crippen LogP contribution in [0.25, 0.3) is 0 Å². The van der Waals surface area contributed by atoms with Gasteiger partial charge in [-0.25, -0.2) is 0 Å². The quantitative estimate of drug-likeness (QED) is 0.0837. The first-order valence-electron chi connectivity index (χ1n) is 26.1. The lowest BCUT2D eigenvalue weighted by molar-refractivity contribution is 0.0944. The maximum atomic E-state index is 6.84. The zero-order valence-corrected chi connectivity index (χ0v) is 56.3. The van der Waals surface area contributed by atoms with Crippen molar-refractivity contribution in [3.05, 3.63) is 82.5 Å². The molecule has 10 atom stereocenters. The minimum Gasteiger partial charge on any atom is -0.410 e. The van der Waals surface area contributed by atoms with Gasteiger partial charge in [0.05, 0.1) is 18.3 Å². The molecule has 0 amide bonds. The Morgan fingerprint density at radius 3 is 1.54 bits per heavy atom. The van der Waals surface area contributed by atoms with Gasteiger partial charge in [-0.3, -0.25) is 0 Å². The summed E-state index contributed by atoms with van der Waals surface area (Å²) in [6, 6.07) is 0. The molecule has 3 nitrogen and oxygen atoms in total. The van der Waals surface area contributed by atoms with Crippen molar-refractivity contribution in [3.63, 3.8) is 0 Å². The molecule has 9 heteroatoms. The highest BCUT2D eigenvalue weighted by molar-refractivity contribution is 14.3. The molecule has 1 heterocycles. The van der Waals surface area contributed by atoms with E-state index in [-0.39, 0.29) is 51.9 Å². The number of fused-ring (bicyclic) bond motifs is 3. The van der Waals surface area contributed by atoms with Crippen LogP contribution in [0.5, 0.6) is 0 Å². The van der Waals surface area contributed by atoms with Crippen LogP contribution in [-0.4, -0.2) is 40.5 Å². The van der Waals surface area contributed by atoms with Gasteiger partial charge >= 0.3 is 0 Å². The van der Waals surface area contributed by atoms with Crippen LogP contribution in [0.15, 0.2) is 82.5 Å². The maximum absolute atomic E-state index is 6.84. The first-order valence-corrected chi connectivity index (χ1v) is 35.7. The Morgan fingerprint density at radius 1 is 0.716 bits per heavy atom. The normalized spacial score (nSPS) is 37.0. The summed E-state index contributed by atoms with van der Waals surface area (Å²) in [4.78, 5) is 0.